The molecule has 0 aromatic carbocycles. The Bertz CT molecular complexity index is 361. The second-order valence-electron chi connectivity index (χ2n) is 3.71. The van der Waals surface area contributed by atoms with Crippen LogP contribution in [0.1, 0.15) is 23.5 Å². The van der Waals surface area contributed by atoms with Gasteiger partial charge in [-0.2, -0.15) is 0 Å². The van der Waals surface area contributed by atoms with E-state index in [1.807, 2.05) is 6.07 Å². The number of halogens is 3. The van der Waals surface area contributed by atoms with Crippen molar-refractivity contribution in [2.75, 3.05) is 4.43 Å². The zero-order chi connectivity index (χ0) is 12.3. The zero-order valence-electron chi connectivity index (χ0n) is 8.89. The van der Waals surface area contributed by atoms with E-state index in [9.17, 15) is 4.79 Å². The first kappa shape index (κ1) is 14.9. The van der Waals surface area contributed by atoms with Crippen LogP contribution in [-0.2, 0) is 0 Å². The summed E-state index contributed by atoms with van der Waals surface area (Å²) in [6.07, 6.45) is 0. The average molecular weight is 481 g/mol. The molecule has 1 rings (SSSR count). The second-order valence-corrected chi connectivity index (χ2v) is 7.82. The van der Waals surface area contributed by atoms with Gasteiger partial charge < -0.3 is 5.32 Å². The fraction of sp³-hybridized carbons (Fsp3) is 0.500. The van der Waals surface area contributed by atoms with Crippen LogP contribution in [0.4, 0.5) is 0 Å². The quantitative estimate of drug-likeness (QED) is 0.500. The molecule has 1 N–H and O–H groups in total. The van der Waals surface area contributed by atoms with Gasteiger partial charge in [-0.1, -0.05) is 36.4 Å². The third kappa shape index (κ3) is 3.96. The summed E-state index contributed by atoms with van der Waals surface area (Å²) < 4.78 is 2.81. The highest BCUT2D eigenvalue weighted by Gasteiger charge is 2.18. The summed E-state index contributed by atoms with van der Waals surface area (Å²) in [6, 6.07) is 2.07. The van der Waals surface area contributed by atoms with E-state index in [1.54, 1.807) is 0 Å². The van der Waals surface area contributed by atoms with E-state index in [4.69, 9.17) is 0 Å². The monoisotopic (exact) mass is 479 g/mol. The van der Waals surface area contributed by atoms with Crippen LogP contribution in [-0.4, -0.2) is 16.4 Å². The fourth-order valence-corrected chi connectivity index (χ4v) is 4.26. The van der Waals surface area contributed by atoms with Crippen LogP contribution in [0.5, 0.6) is 0 Å². The molecule has 0 fully saturated rings. The van der Waals surface area contributed by atoms with Gasteiger partial charge in [0.1, 0.15) is 0 Å². The first-order valence-corrected chi connectivity index (χ1v) is 8.70. The van der Waals surface area contributed by atoms with Crippen LogP contribution < -0.4 is 5.32 Å². The smallest absolute Gasteiger partial charge is 0.261 e. The number of hydrogen-bond acceptors (Lipinski definition) is 2. The van der Waals surface area contributed by atoms with E-state index < -0.39 is 0 Å². The van der Waals surface area contributed by atoms with Crippen molar-refractivity contribution in [2.24, 2.45) is 5.92 Å². The molecular weight excluding hydrogens is 469 g/mol. The maximum atomic E-state index is 11.9. The van der Waals surface area contributed by atoms with Gasteiger partial charge in [0.25, 0.3) is 5.91 Å². The predicted molar refractivity (Wildman–Crippen MR) is 84.7 cm³/mol. The minimum Gasteiger partial charge on any atom is -0.348 e. The first-order valence-electron chi connectivity index (χ1n) is 4.77. The Kier molecular flexibility index (Phi) is 6.25. The Morgan fingerprint density at radius 1 is 1.56 bits per heavy atom. The zero-order valence-corrected chi connectivity index (χ0v) is 15.0. The predicted octanol–water partition coefficient (Wildman–Crippen LogP) is 4.46. The normalized spacial score (nSPS) is 12.9. The molecule has 1 aromatic rings. The van der Waals surface area contributed by atoms with Gasteiger partial charge in [0.05, 0.1) is 8.66 Å². The number of hydrogen-bond donors (Lipinski definition) is 1. The molecule has 2 nitrogen and oxygen atoms in total. The third-order valence-corrected chi connectivity index (χ3v) is 6.36. The van der Waals surface area contributed by atoms with Gasteiger partial charge in [-0.25, -0.2) is 0 Å². The topological polar surface area (TPSA) is 29.1 Å². The summed E-state index contributed by atoms with van der Waals surface area (Å²) in [5.41, 5.74) is 0. The molecule has 0 spiro atoms. The Morgan fingerprint density at radius 2 is 2.19 bits per heavy atom. The Balaban J connectivity index is 2.71. The lowest BCUT2D eigenvalue weighted by Crippen LogP contribution is -2.39. The van der Waals surface area contributed by atoms with E-state index >= 15 is 0 Å². The highest BCUT2D eigenvalue weighted by molar-refractivity contribution is 14.1. The van der Waals surface area contributed by atoms with Gasteiger partial charge >= 0.3 is 0 Å². The van der Waals surface area contributed by atoms with Crippen LogP contribution in [0.2, 0.25) is 0 Å². The molecule has 0 aliphatic heterocycles. The molecule has 0 aliphatic rings. The summed E-state index contributed by atoms with van der Waals surface area (Å²) in [6.45, 7) is 4.23. The molecule has 1 amide bonds. The summed E-state index contributed by atoms with van der Waals surface area (Å²) in [4.78, 5) is 12.7. The number of nitrogens with one attached hydrogen (secondary N) is 1. The van der Waals surface area contributed by atoms with Crippen molar-refractivity contribution < 1.29 is 4.79 Å². The van der Waals surface area contributed by atoms with E-state index in [0.717, 1.165) is 17.6 Å². The van der Waals surface area contributed by atoms with E-state index in [2.05, 4.69) is 73.6 Å². The van der Waals surface area contributed by atoms with E-state index in [-0.39, 0.29) is 11.9 Å². The number of rotatable bonds is 4. The molecule has 0 saturated carbocycles. The Labute approximate surface area is 130 Å². The van der Waals surface area contributed by atoms with Crippen LogP contribution >= 0.6 is 65.8 Å². The third-order valence-electron chi connectivity index (χ3n) is 2.16. The Morgan fingerprint density at radius 3 is 2.56 bits per heavy atom. The molecule has 0 radical (unpaired) electrons. The van der Waals surface area contributed by atoms with Crippen molar-refractivity contribution in [2.45, 2.75) is 19.9 Å². The summed E-state index contributed by atoms with van der Waals surface area (Å²) in [5, 5.41) is 3.05. The van der Waals surface area contributed by atoms with Crippen LogP contribution in [0.3, 0.4) is 0 Å². The van der Waals surface area contributed by atoms with Crippen LogP contribution in [0.15, 0.2) is 14.3 Å². The average Bonchev–Trinajstić information content (AvgIpc) is 2.55. The molecule has 1 atom stereocenters. The van der Waals surface area contributed by atoms with Crippen LogP contribution in [0.25, 0.3) is 0 Å². The van der Waals surface area contributed by atoms with Crippen molar-refractivity contribution in [1.82, 2.24) is 5.32 Å². The lowest BCUT2D eigenvalue weighted by atomic mass is 10.1. The standard InChI is InChI=1S/C10H12Br2INOS/c1-5(2)7(4-13)14-10(15)8-3-6(11)9(12)16-8/h3,5,7H,4H2,1-2H3,(H,14,15). The maximum absolute atomic E-state index is 11.9. The van der Waals surface area contributed by atoms with Crippen molar-refractivity contribution in [3.8, 4) is 0 Å². The van der Waals surface area contributed by atoms with E-state index in [0.29, 0.717) is 5.92 Å². The highest BCUT2D eigenvalue weighted by Crippen LogP contribution is 2.32. The van der Waals surface area contributed by atoms with Crippen molar-refractivity contribution >= 4 is 71.7 Å². The minimum atomic E-state index is 0.00626. The minimum absolute atomic E-state index is 0.00626. The summed E-state index contributed by atoms with van der Waals surface area (Å²) in [5.74, 6) is 0.458. The SMILES string of the molecule is CC(C)C(CI)NC(=O)c1cc(Br)c(Br)s1. The number of carbonyl (C=O) groups excluding carboxylic acids is 1. The van der Waals surface area contributed by atoms with Crippen molar-refractivity contribution in [1.29, 1.82) is 0 Å². The Hall–Kier alpha value is 0.860. The molecular formula is C10H12Br2INOS. The maximum Gasteiger partial charge on any atom is 0.261 e. The fourth-order valence-electron chi connectivity index (χ4n) is 1.08. The molecule has 16 heavy (non-hydrogen) atoms. The lowest BCUT2D eigenvalue weighted by molar-refractivity contribution is 0.0936. The largest absolute Gasteiger partial charge is 0.348 e. The molecule has 0 aliphatic carbocycles. The molecule has 90 valence electrons. The second kappa shape index (κ2) is 6.70. The molecule has 1 aromatic heterocycles. The van der Waals surface area contributed by atoms with Gasteiger partial charge in [0.15, 0.2) is 0 Å². The number of amides is 1. The number of carbonyl (C=O) groups is 1. The molecule has 1 heterocycles. The van der Waals surface area contributed by atoms with Crippen molar-refractivity contribution in [3.05, 3.63) is 19.2 Å². The van der Waals surface area contributed by atoms with Gasteiger partial charge in [-0.15, -0.1) is 11.3 Å². The van der Waals surface area contributed by atoms with Gasteiger partial charge in [0, 0.05) is 14.9 Å². The molecule has 0 bridgehead atoms. The molecule has 0 saturated heterocycles. The van der Waals surface area contributed by atoms with Crippen LogP contribution in [0, 0.1) is 5.92 Å². The van der Waals surface area contributed by atoms with Gasteiger partial charge in [0.2, 0.25) is 0 Å². The molecule has 1 unspecified atom stereocenters. The summed E-state index contributed by atoms with van der Waals surface area (Å²) in [7, 11) is 0. The number of thiophene rings is 1. The van der Waals surface area contributed by atoms with E-state index in [1.165, 1.54) is 11.3 Å². The first-order chi connectivity index (χ1) is 7.45. The number of alkyl halides is 1. The lowest BCUT2D eigenvalue weighted by Gasteiger charge is -2.19. The van der Waals surface area contributed by atoms with Gasteiger partial charge in [-0.3, -0.25) is 4.79 Å². The van der Waals surface area contributed by atoms with Crippen molar-refractivity contribution in [3.63, 3.8) is 0 Å². The summed E-state index contributed by atoms with van der Waals surface area (Å²) >= 11 is 10.5. The van der Waals surface area contributed by atoms with Gasteiger partial charge in [-0.05, 0) is 43.8 Å². The highest BCUT2D eigenvalue weighted by atomic mass is 127. The molecule has 6 heteroatoms.